The Labute approximate surface area is 276 Å². The van der Waals surface area contributed by atoms with Crippen LogP contribution >= 0.6 is 11.3 Å². The molecule has 1 aromatic carbocycles. The number of hydrogen-bond donors (Lipinski definition) is 2. The molecule has 1 amide bonds. The van der Waals surface area contributed by atoms with Gasteiger partial charge in [-0.15, -0.1) is 11.3 Å². The fourth-order valence-corrected chi connectivity index (χ4v) is 9.25. The summed E-state index contributed by atoms with van der Waals surface area (Å²) in [5.41, 5.74) is 4.23. The number of carbonyl (C=O) groups excluding carboxylic acids is 1. The van der Waals surface area contributed by atoms with Crippen LogP contribution in [0.15, 0.2) is 30.6 Å². The zero-order chi connectivity index (χ0) is 33.3. The van der Waals surface area contributed by atoms with Gasteiger partial charge in [-0.25, -0.2) is 9.97 Å². The average Bonchev–Trinajstić information content (AvgIpc) is 3.58. The molecule has 0 spiro atoms. The van der Waals surface area contributed by atoms with E-state index in [-0.39, 0.29) is 33.7 Å². The van der Waals surface area contributed by atoms with Crippen molar-refractivity contribution < 1.29 is 18.0 Å². The Morgan fingerprint density at radius 1 is 1.17 bits per heavy atom. The Morgan fingerprint density at radius 3 is 2.57 bits per heavy atom. The highest BCUT2D eigenvalue weighted by Crippen LogP contribution is 2.72. The molecule has 8 nitrogen and oxygen atoms in total. The molecule has 3 aromatic heterocycles. The van der Waals surface area contributed by atoms with E-state index in [1.54, 1.807) is 6.07 Å². The van der Waals surface area contributed by atoms with E-state index in [1.165, 1.54) is 17.5 Å². The molecule has 12 heteroatoms. The number of likely N-dealkylation sites (tertiary alicyclic amines) is 1. The largest absolute Gasteiger partial charge is 0.393 e. The minimum absolute atomic E-state index is 0.0289. The third-order valence-electron chi connectivity index (χ3n) is 11.1. The molecular formula is C35H40F3N7OS. The molecule has 4 fully saturated rings. The molecule has 47 heavy (non-hydrogen) atoms. The maximum Gasteiger partial charge on any atom is 0.393 e. The van der Waals surface area contributed by atoms with Gasteiger partial charge in [0.1, 0.15) is 28.7 Å². The number of alkyl halides is 3. The predicted octanol–water partition coefficient (Wildman–Crippen LogP) is 6.95. The zero-order valence-electron chi connectivity index (χ0n) is 27.2. The first kappa shape index (κ1) is 31.9. The van der Waals surface area contributed by atoms with Crippen molar-refractivity contribution in [3.63, 3.8) is 0 Å². The van der Waals surface area contributed by atoms with Gasteiger partial charge in [0.2, 0.25) is 5.91 Å². The standard InChI is InChI=1S/C35H40F3N7OS/c1-20(2)31(46)43-34-16-33(17-34,22(34)4)18-45-25(14-39)11-27-21(3)23(5-6-29(27)45)15-44-9-7-24(8-10-44)42-30-28-12-26(13-35(36,37)38)47-32(28)41-19-40-30/h5-6,11-12,19-20,22,24H,7-10,13,15-18H2,1-4H3,(H,43,46)(H,40,41,42)/t22-,33?,34?/m0/s1. The molecule has 8 rings (SSSR count). The van der Waals surface area contributed by atoms with Crippen LogP contribution < -0.4 is 10.6 Å². The van der Waals surface area contributed by atoms with Gasteiger partial charge in [0.05, 0.1) is 11.8 Å². The van der Waals surface area contributed by atoms with Crippen molar-refractivity contribution >= 4 is 44.2 Å². The molecular weight excluding hydrogens is 623 g/mol. The van der Waals surface area contributed by atoms with Gasteiger partial charge in [0, 0.05) is 59.5 Å². The van der Waals surface area contributed by atoms with Crippen LogP contribution in [0.2, 0.25) is 0 Å². The number of hydrogen-bond acceptors (Lipinski definition) is 7. The highest BCUT2D eigenvalue weighted by atomic mass is 32.1. The molecule has 4 heterocycles. The second kappa shape index (κ2) is 11.5. The number of nitriles is 1. The molecule has 2 N–H and O–H groups in total. The van der Waals surface area contributed by atoms with Gasteiger partial charge in [0.25, 0.3) is 0 Å². The molecule has 1 saturated heterocycles. The van der Waals surface area contributed by atoms with Crippen LogP contribution in [0.4, 0.5) is 19.0 Å². The number of nitrogens with one attached hydrogen (secondary N) is 2. The van der Waals surface area contributed by atoms with Crippen molar-refractivity contribution in [3.8, 4) is 6.07 Å². The third-order valence-corrected chi connectivity index (χ3v) is 12.2. The number of benzene rings is 1. The normalized spacial score (nSPS) is 24.7. The summed E-state index contributed by atoms with van der Waals surface area (Å²) in [5.74, 6) is 1.06. The van der Waals surface area contributed by atoms with Gasteiger partial charge in [-0.1, -0.05) is 26.8 Å². The molecule has 1 atom stereocenters. The third kappa shape index (κ3) is 5.65. The van der Waals surface area contributed by atoms with Crippen LogP contribution in [0.5, 0.6) is 0 Å². The summed E-state index contributed by atoms with van der Waals surface area (Å²) in [6.45, 7) is 11.6. The van der Waals surface area contributed by atoms with Crippen molar-refractivity contribution in [1.82, 2.24) is 24.8 Å². The molecule has 4 aromatic rings. The van der Waals surface area contributed by atoms with E-state index in [0.717, 1.165) is 74.1 Å². The number of aromatic nitrogens is 3. The van der Waals surface area contributed by atoms with Gasteiger partial charge in [-0.05, 0) is 73.3 Å². The molecule has 0 radical (unpaired) electrons. The van der Waals surface area contributed by atoms with Gasteiger partial charge < -0.3 is 15.2 Å². The summed E-state index contributed by atoms with van der Waals surface area (Å²) in [5, 5.41) is 18.6. The zero-order valence-corrected chi connectivity index (χ0v) is 28.0. The monoisotopic (exact) mass is 663 g/mol. The van der Waals surface area contributed by atoms with Gasteiger partial charge >= 0.3 is 6.18 Å². The lowest BCUT2D eigenvalue weighted by atomic mass is 9.33. The summed E-state index contributed by atoms with van der Waals surface area (Å²) in [6.07, 6.45) is -0.106. The minimum atomic E-state index is -4.26. The number of fused-ring (bicyclic) bond motifs is 2. The van der Waals surface area contributed by atoms with E-state index in [2.05, 4.69) is 62.1 Å². The Bertz CT molecular complexity index is 1890. The number of halogens is 3. The van der Waals surface area contributed by atoms with E-state index in [1.807, 2.05) is 19.9 Å². The van der Waals surface area contributed by atoms with Crippen molar-refractivity contribution in [2.45, 2.75) is 90.6 Å². The maximum atomic E-state index is 12.9. The molecule has 3 aliphatic carbocycles. The average molecular weight is 664 g/mol. The van der Waals surface area contributed by atoms with Crippen molar-refractivity contribution in [2.24, 2.45) is 17.3 Å². The SMILES string of the molecule is Cc1c(CN2CCC(Nc3ncnc4sc(CC(F)(F)F)cc34)CC2)ccc2c1cc(C#N)n2CC12CC(NC(=O)C(C)C)(C1)[C@H]2C. The summed E-state index contributed by atoms with van der Waals surface area (Å²) < 4.78 is 41.0. The fourth-order valence-electron chi connectivity index (χ4n) is 8.22. The maximum absolute atomic E-state index is 12.9. The van der Waals surface area contributed by atoms with Crippen LogP contribution in [-0.4, -0.2) is 56.2 Å². The van der Waals surface area contributed by atoms with E-state index >= 15 is 0 Å². The molecule has 4 aliphatic rings. The van der Waals surface area contributed by atoms with Gasteiger partial charge in [-0.2, -0.15) is 18.4 Å². The Morgan fingerprint density at radius 2 is 1.91 bits per heavy atom. The number of anilines is 1. The van der Waals surface area contributed by atoms with Crippen LogP contribution in [0.3, 0.4) is 0 Å². The first-order valence-corrected chi connectivity index (χ1v) is 17.2. The van der Waals surface area contributed by atoms with Crippen molar-refractivity contribution in [1.29, 1.82) is 5.26 Å². The Balaban J connectivity index is 0.996. The van der Waals surface area contributed by atoms with E-state index in [9.17, 15) is 23.2 Å². The molecule has 0 unspecified atom stereocenters. The lowest BCUT2D eigenvalue weighted by Gasteiger charge is -2.76. The number of amides is 1. The summed E-state index contributed by atoms with van der Waals surface area (Å²) in [4.78, 5) is 24.2. The van der Waals surface area contributed by atoms with Crippen LogP contribution in [-0.2, 0) is 24.3 Å². The van der Waals surface area contributed by atoms with Crippen LogP contribution in [0.25, 0.3) is 21.1 Å². The molecule has 2 bridgehead atoms. The molecule has 248 valence electrons. The first-order valence-electron chi connectivity index (χ1n) is 16.4. The number of nitrogens with zero attached hydrogens (tertiary/aromatic N) is 5. The summed E-state index contributed by atoms with van der Waals surface area (Å²) in [6, 6.07) is 10.6. The summed E-state index contributed by atoms with van der Waals surface area (Å²) >= 11 is 1.07. The lowest BCUT2D eigenvalue weighted by Crippen LogP contribution is -2.82. The van der Waals surface area contributed by atoms with Crippen molar-refractivity contribution in [2.75, 3.05) is 18.4 Å². The second-order valence-corrected chi connectivity index (χ2v) is 15.5. The lowest BCUT2D eigenvalue weighted by molar-refractivity contribution is -0.229. The van der Waals surface area contributed by atoms with Gasteiger partial charge in [-0.3, -0.25) is 9.69 Å². The first-order chi connectivity index (χ1) is 22.3. The van der Waals surface area contributed by atoms with E-state index < -0.39 is 12.6 Å². The van der Waals surface area contributed by atoms with Crippen LogP contribution in [0.1, 0.15) is 68.2 Å². The van der Waals surface area contributed by atoms with Crippen LogP contribution in [0, 0.1) is 35.5 Å². The minimum Gasteiger partial charge on any atom is -0.367 e. The second-order valence-electron chi connectivity index (χ2n) is 14.4. The van der Waals surface area contributed by atoms with Crippen molar-refractivity contribution in [3.05, 3.63) is 52.3 Å². The highest BCUT2D eigenvalue weighted by Gasteiger charge is 2.74. The number of carbonyl (C=O) groups is 1. The highest BCUT2D eigenvalue weighted by molar-refractivity contribution is 7.18. The molecule has 1 aliphatic heterocycles. The fraction of sp³-hybridized carbons (Fsp3) is 0.543. The predicted molar refractivity (Wildman–Crippen MR) is 177 cm³/mol. The number of piperidine rings is 1. The van der Waals surface area contributed by atoms with Gasteiger partial charge in [0.15, 0.2) is 0 Å². The quantitative estimate of drug-likeness (QED) is 0.201. The topological polar surface area (TPSA) is 98.9 Å². The number of aryl methyl sites for hydroxylation is 1. The van der Waals surface area contributed by atoms with E-state index in [0.29, 0.717) is 27.6 Å². The summed E-state index contributed by atoms with van der Waals surface area (Å²) in [7, 11) is 0. The van der Waals surface area contributed by atoms with E-state index in [4.69, 9.17) is 0 Å². The Hall–Kier alpha value is -3.69. The number of rotatable bonds is 9. The smallest absolute Gasteiger partial charge is 0.367 e. The Kier molecular flexibility index (Phi) is 7.79. The number of thiophene rings is 1. The molecule has 3 saturated carbocycles.